The van der Waals surface area contributed by atoms with Crippen LogP contribution in [0.15, 0.2) is 41.3 Å². The standard InChI is InChI=1S/C24H29N3O5S/c1-3-24(28)27-17(2)12-19-14-20(5-6-21(19)27)33(29,30)26-10-8-25(9-11-26)15-18-4-7-22-23(13-18)32-16-31-22/h4-7,13-14,17H,3,8-12,15-16H2,1-2H3/t17-/m1/s1. The monoisotopic (exact) mass is 471 g/mol. The highest BCUT2D eigenvalue weighted by molar-refractivity contribution is 7.89. The van der Waals surface area contributed by atoms with Gasteiger partial charge in [0.05, 0.1) is 4.90 Å². The van der Waals surface area contributed by atoms with Gasteiger partial charge in [0.15, 0.2) is 11.5 Å². The number of amides is 1. The molecule has 3 heterocycles. The number of hydrogen-bond acceptors (Lipinski definition) is 6. The Morgan fingerprint density at radius 3 is 2.55 bits per heavy atom. The average molecular weight is 472 g/mol. The van der Waals surface area contributed by atoms with Crippen LogP contribution in [0.1, 0.15) is 31.4 Å². The molecule has 0 aliphatic carbocycles. The number of anilines is 1. The number of sulfonamides is 1. The van der Waals surface area contributed by atoms with Crippen LogP contribution in [0.4, 0.5) is 5.69 Å². The zero-order valence-electron chi connectivity index (χ0n) is 19.0. The van der Waals surface area contributed by atoms with Crippen molar-refractivity contribution in [2.24, 2.45) is 0 Å². The number of ether oxygens (including phenoxy) is 2. The van der Waals surface area contributed by atoms with Gasteiger partial charge in [-0.05, 0) is 54.8 Å². The summed E-state index contributed by atoms with van der Waals surface area (Å²) >= 11 is 0. The lowest BCUT2D eigenvalue weighted by atomic mass is 10.1. The van der Waals surface area contributed by atoms with E-state index in [1.54, 1.807) is 27.4 Å². The lowest BCUT2D eigenvalue weighted by molar-refractivity contribution is -0.118. The number of hydrogen-bond donors (Lipinski definition) is 0. The van der Waals surface area contributed by atoms with E-state index in [1.807, 2.05) is 32.0 Å². The van der Waals surface area contributed by atoms with Gasteiger partial charge in [-0.1, -0.05) is 13.0 Å². The van der Waals surface area contributed by atoms with Crippen molar-refractivity contribution in [2.45, 2.75) is 44.2 Å². The van der Waals surface area contributed by atoms with Crippen LogP contribution < -0.4 is 14.4 Å². The number of fused-ring (bicyclic) bond motifs is 2. The van der Waals surface area contributed by atoms with E-state index in [0.717, 1.165) is 34.9 Å². The summed E-state index contributed by atoms with van der Waals surface area (Å²) in [6, 6.07) is 11.2. The molecule has 0 unspecified atom stereocenters. The summed E-state index contributed by atoms with van der Waals surface area (Å²) in [5.41, 5.74) is 2.88. The molecule has 3 aliphatic rings. The molecule has 0 aromatic heterocycles. The van der Waals surface area contributed by atoms with E-state index < -0.39 is 10.0 Å². The summed E-state index contributed by atoms with van der Waals surface area (Å²) in [5.74, 6) is 1.59. The number of rotatable bonds is 5. The van der Waals surface area contributed by atoms with Crippen molar-refractivity contribution in [3.63, 3.8) is 0 Å². The van der Waals surface area contributed by atoms with Crippen molar-refractivity contribution >= 4 is 21.6 Å². The van der Waals surface area contributed by atoms with E-state index in [-0.39, 0.29) is 18.7 Å². The van der Waals surface area contributed by atoms with Crippen LogP contribution >= 0.6 is 0 Å². The molecule has 5 rings (SSSR count). The molecule has 0 spiro atoms. The average Bonchev–Trinajstić information content (AvgIpc) is 3.41. The van der Waals surface area contributed by atoms with E-state index in [2.05, 4.69) is 4.90 Å². The Morgan fingerprint density at radius 1 is 1.03 bits per heavy atom. The number of nitrogens with zero attached hydrogens (tertiary/aromatic N) is 3. The molecular formula is C24H29N3O5S. The molecule has 0 N–H and O–H groups in total. The summed E-state index contributed by atoms with van der Waals surface area (Å²) in [5, 5.41) is 0. The van der Waals surface area contributed by atoms with Crippen LogP contribution in [-0.4, -0.2) is 62.5 Å². The number of benzene rings is 2. The minimum Gasteiger partial charge on any atom is -0.454 e. The van der Waals surface area contributed by atoms with Crippen molar-refractivity contribution in [3.05, 3.63) is 47.5 Å². The molecule has 2 aromatic rings. The van der Waals surface area contributed by atoms with Crippen molar-refractivity contribution in [3.8, 4) is 11.5 Å². The maximum Gasteiger partial charge on any atom is 0.243 e. The molecule has 1 saturated heterocycles. The molecule has 8 nitrogen and oxygen atoms in total. The van der Waals surface area contributed by atoms with Crippen LogP contribution in [0.3, 0.4) is 0 Å². The van der Waals surface area contributed by atoms with Crippen LogP contribution in [-0.2, 0) is 27.8 Å². The highest BCUT2D eigenvalue weighted by Crippen LogP contribution is 2.35. The van der Waals surface area contributed by atoms with E-state index in [9.17, 15) is 13.2 Å². The maximum atomic E-state index is 13.3. The Kier molecular flexibility index (Phi) is 5.80. The molecule has 1 fully saturated rings. The van der Waals surface area contributed by atoms with Gasteiger partial charge < -0.3 is 14.4 Å². The molecule has 0 bridgehead atoms. The first kappa shape index (κ1) is 22.2. The second-order valence-electron chi connectivity index (χ2n) is 8.83. The van der Waals surface area contributed by atoms with Gasteiger partial charge in [-0.25, -0.2) is 8.42 Å². The van der Waals surface area contributed by atoms with Crippen molar-refractivity contribution < 1.29 is 22.7 Å². The van der Waals surface area contributed by atoms with Crippen LogP contribution in [0.2, 0.25) is 0 Å². The Labute approximate surface area is 194 Å². The summed E-state index contributed by atoms with van der Waals surface area (Å²) in [6.07, 6.45) is 1.11. The third-order valence-electron chi connectivity index (χ3n) is 6.65. The molecule has 9 heteroatoms. The smallest absolute Gasteiger partial charge is 0.243 e. The molecule has 1 atom stereocenters. The predicted molar refractivity (Wildman–Crippen MR) is 124 cm³/mol. The minimum absolute atomic E-state index is 0.0464. The predicted octanol–water partition coefficient (Wildman–Crippen LogP) is 2.61. The third-order valence-corrected chi connectivity index (χ3v) is 8.54. The molecule has 33 heavy (non-hydrogen) atoms. The minimum atomic E-state index is -3.58. The van der Waals surface area contributed by atoms with E-state index in [0.29, 0.717) is 43.9 Å². The zero-order valence-corrected chi connectivity index (χ0v) is 19.8. The SMILES string of the molecule is CCC(=O)N1c2ccc(S(=O)(=O)N3CCN(Cc4ccc5c(c4)OCO5)CC3)cc2C[C@H]1C. The van der Waals surface area contributed by atoms with Gasteiger partial charge in [0.1, 0.15) is 0 Å². The van der Waals surface area contributed by atoms with Crippen molar-refractivity contribution in [1.29, 1.82) is 0 Å². The molecule has 0 radical (unpaired) electrons. The summed E-state index contributed by atoms with van der Waals surface area (Å²) < 4.78 is 39.0. The third kappa shape index (κ3) is 4.09. The largest absolute Gasteiger partial charge is 0.454 e. The Balaban J connectivity index is 1.25. The Hall–Kier alpha value is -2.62. The fraction of sp³-hybridized carbons (Fsp3) is 0.458. The maximum absolute atomic E-state index is 13.3. The van der Waals surface area contributed by atoms with Gasteiger partial charge in [-0.3, -0.25) is 9.69 Å². The van der Waals surface area contributed by atoms with Crippen LogP contribution in [0, 0.1) is 0 Å². The first-order valence-corrected chi connectivity index (χ1v) is 12.9. The van der Waals surface area contributed by atoms with Gasteiger partial charge >= 0.3 is 0 Å². The summed E-state index contributed by atoms with van der Waals surface area (Å²) in [7, 11) is -3.58. The van der Waals surface area contributed by atoms with Gasteiger partial charge in [0.25, 0.3) is 0 Å². The second-order valence-corrected chi connectivity index (χ2v) is 10.8. The first-order valence-electron chi connectivity index (χ1n) is 11.4. The summed E-state index contributed by atoms with van der Waals surface area (Å²) in [4.78, 5) is 16.7. The van der Waals surface area contributed by atoms with Gasteiger partial charge in [0, 0.05) is 50.9 Å². The molecular weight excluding hydrogens is 442 g/mol. The zero-order chi connectivity index (χ0) is 23.2. The Morgan fingerprint density at radius 2 is 1.79 bits per heavy atom. The van der Waals surface area contributed by atoms with Crippen molar-refractivity contribution in [2.75, 3.05) is 37.9 Å². The van der Waals surface area contributed by atoms with E-state index >= 15 is 0 Å². The van der Waals surface area contributed by atoms with E-state index in [1.165, 1.54) is 0 Å². The first-order chi connectivity index (χ1) is 15.9. The number of carbonyl (C=O) groups is 1. The fourth-order valence-corrected chi connectivity index (χ4v) is 6.37. The van der Waals surface area contributed by atoms with E-state index in [4.69, 9.17) is 9.47 Å². The fourth-order valence-electron chi connectivity index (χ4n) is 4.89. The number of piperazine rings is 1. The highest BCUT2D eigenvalue weighted by Gasteiger charge is 2.33. The molecule has 1 amide bonds. The molecule has 176 valence electrons. The van der Waals surface area contributed by atoms with Gasteiger partial charge in [-0.2, -0.15) is 4.31 Å². The second kappa shape index (κ2) is 8.62. The topological polar surface area (TPSA) is 79.4 Å². The molecule has 2 aromatic carbocycles. The van der Waals surface area contributed by atoms with Crippen LogP contribution in [0.5, 0.6) is 11.5 Å². The normalized spacial score (nSPS) is 20.8. The lowest BCUT2D eigenvalue weighted by Gasteiger charge is -2.34. The van der Waals surface area contributed by atoms with Gasteiger partial charge in [-0.15, -0.1) is 0 Å². The number of carbonyl (C=O) groups excluding carboxylic acids is 1. The van der Waals surface area contributed by atoms with Crippen LogP contribution in [0.25, 0.3) is 0 Å². The van der Waals surface area contributed by atoms with Crippen molar-refractivity contribution in [1.82, 2.24) is 9.21 Å². The summed E-state index contributed by atoms with van der Waals surface area (Å²) in [6.45, 7) is 7.05. The molecule has 3 aliphatic heterocycles. The quantitative estimate of drug-likeness (QED) is 0.667. The lowest BCUT2D eigenvalue weighted by Crippen LogP contribution is -2.48. The Bertz CT molecular complexity index is 1170. The highest BCUT2D eigenvalue weighted by atomic mass is 32.2. The van der Waals surface area contributed by atoms with Gasteiger partial charge in [0.2, 0.25) is 22.7 Å². The molecule has 0 saturated carbocycles.